The first-order valence-corrected chi connectivity index (χ1v) is 11.3. The van der Waals surface area contributed by atoms with Crippen LogP contribution in [0.25, 0.3) is 11.1 Å². The van der Waals surface area contributed by atoms with E-state index in [1.165, 1.54) is 0 Å². The van der Waals surface area contributed by atoms with E-state index in [9.17, 15) is 32.7 Å². The molecule has 2 aromatic rings. The fraction of sp³-hybridized carbons (Fsp3) is 0.400. The van der Waals surface area contributed by atoms with Crippen molar-refractivity contribution in [2.75, 3.05) is 13.2 Å². The molecule has 2 amide bonds. The minimum atomic E-state index is -4.90. The summed E-state index contributed by atoms with van der Waals surface area (Å²) in [6.45, 7) is -0.422. The standard InChI is InChI=1S/C25H25F3N2O5/c26-25(27,28)20(12-21(31)29-14-24(22(32)33)10-5-11-24)30-23(34)35-13-19-17-8-3-1-6-15(17)16-7-2-4-9-18(16)19/h1-4,6-9,19-20H,5,10-14H2,(H,29,31)(H,30,34)(H,32,33). The van der Waals surface area contributed by atoms with Crippen LogP contribution in [0.1, 0.15) is 42.7 Å². The van der Waals surface area contributed by atoms with Crippen LogP contribution < -0.4 is 10.6 Å². The molecule has 1 atom stereocenters. The average molecular weight is 490 g/mol. The largest absolute Gasteiger partial charge is 0.481 e. The van der Waals surface area contributed by atoms with Crippen molar-refractivity contribution in [3.63, 3.8) is 0 Å². The number of hydrogen-bond donors (Lipinski definition) is 3. The number of hydrogen-bond acceptors (Lipinski definition) is 4. The van der Waals surface area contributed by atoms with Crippen LogP contribution in [0, 0.1) is 5.41 Å². The molecule has 1 saturated carbocycles. The maximum atomic E-state index is 13.5. The third-order valence-electron chi connectivity index (χ3n) is 6.81. The molecule has 2 aromatic carbocycles. The first kappa shape index (κ1) is 24.6. The number of nitrogens with one attached hydrogen (secondary N) is 2. The SMILES string of the molecule is O=C(CC(NC(=O)OCC1c2ccccc2-c2ccccc21)C(F)(F)F)NCC1(C(=O)O)CCC1. The number of ether oxygens (including phenoxy) is 1. The summed E-state index contributed by atoms with van der Waals surface area (Å²) in [6, 6.07) is 12.6. The van der Waals surface area contributed by atoms with E-state index in [2.05, 4.69) is 5.32 Å². The fourth-order valence-corrected chi connectivity index (χ4v) is 4.63. The highest BCUT2D eigenvalue weighted by Gasteiger charge is 2.46. The number of rotatable bonds is 8. The molecule has 1 fully saturated rings. The number of carbonyl (C=O) groups is 3. The molecule has 2 aliphatic carbocycles. The Morgan fingerprint density at radius 3 is 2.09 bits per heavy atom. The maximum Gasteiger partial charge on any atom is 0.409 e. The van der Waals surface area contributed by atoms with Crippen LogP contribution in [0.15, 0.2) is 48.5 Å². The lowest BCUT2D eigenvalue weighted by Crippen LogP contribution is -2.51. The second-order valence-corrected chi connectivity index (χ2v) is 8.98. The van der Waals surface area contributed by atoms with Gasteiger partial charge in [-0.3, -0.25) is 9.59 Å². The van der Waals surface area contributed by atoms with Gasteiger partial charge in [-0.1, -0.05) is 55.0 Å². The molecule has 7 nitrogen and oxygen atoms in total. The van der Waals surface area contributed by atoms with Gasteiger partial charge in [-0.25, -0.2) is 4.79 Å². The Bertz CT molecular complexity index is 1080. The molecule has 0 saturated heterocycles. The molecule has 2 aliphatic rings. The normalized spacial score (nSPS) is 16.9. The second kappa shape index (κ2) is 9.59. The number of carboxylic acid groups (broad SMARTS) is 1. The zero-order valence-electron chi connectivity index (χ0n) is 18.7. The Kier molecular flexibility index (Phi) is 6.73. The van der Waals surface area contributed by atoms with Crippen LogP contribution in [0.4, 0.5) is 18.0 Å². The zero-order valence-corrected chi connectivity index (χ0v) is 18.7. The van der Waals surface area contributed by atoms with Gasteiger partial charge in [0.1, 0.15) is 12.6 Å². The molecule has 0 heterocycles. The lowest BCUT2D eigenvalue weighted by Gasteiger charge is -2.37. The third-order valence-corrected chi connectivity index (χ3v) is 6.81. The molecule has 10 heteroatoms. The Morgan fingerprint density at radius 1 is 1.03 bits per heavy atom. The van der Waals surface area contributed by atoms with E-state index in [0.29, 0.717) is 19.3 Å². The van der Waals surface area contributed by atoms with Crippen molar-refractivity contribution in [2.45, 2.75) is 43.8 Å². The van der Waals surface area contributed by atoms with E-state index in [1.54, 1.807) is 5.32 Å². The summed E-state index contributed by atoms with van der Waals surface area (Å²) in [5.74, 6) is -2.41. The van der Waals surface area contributed by atoms with Crippen molar-refractivity contribution in [1.82, 2.24) is 10.6 Å². The molecule has 3 N–H and O–H groups in total. The van der Waals surface area contributed by atoms with E-state index < -0.39 is 42.0 Å². The van der Waals surface area contributed by atoms with Crippen molar-refractivity contribution in [2.24, 2.45) is 5.41 Å². The van der Waals surface area contributed by atoms with Gasteiger partial charge >= 0.3 is 18.2 Å². The average Bonchev–Trinajstić information content (AvgIpc) is 3.09. The molecule has 0 aromatic heterocycles. The topological polar surface area (TPSA) is 105 Å². The fourth-order valence-electron chi connectivity index (χ4n) is 4.63. The van der Waals surface area contributed by atoms with Gasteiger partial charge in [0, 0.05) is 12.5 Å². The molecule has 186 valence electrons. The number of amides is 2. The van der Waals surface area contributed by atoms with Crippen molar-refractivity contribution in [3.8, 4) is 11.1 Å². The van der Waals surface area contributed by atoms with Crippen LogP contribution in [0.2, 0.25) is 0 Å². The van der Waals surface area contributed by atoms with Gasteiger partial charge in [0.25, 0.3) is 0 Å². The van der Waals surface area contributed by atoms with Crippen molar-refractivity contribution < 1.29 is 37.4 Å². The first-order chi connectivity index (χ1) is 16.6. The van der Waals surface area contributed by atoms with Crippen LogP contribution in [-0.2, 0) is 14.3 Å². The van der Waals surface area contributed by atoms with Crippen molar-refractivity contribution in [1.29, 1.82) is 0 Å². The van der Waals surface area contributed by atoms with E-state index in [0.717, 1.165) is 22.3 Å². The maximum absolute atomic E-state index is 13.5. The van der Waals surface area contributed by atoms with Crippen LogP contribution >= 0.6 is 0 Å². The lowest BCUT2D eigenvalue weighted by molar-refractivity contribution is -0.161. The van der Waals surface area contributed by atoms with Gasteiger partial charge in [-0.15, -0.1) is 0 Å². The Hall–Kier alpha value is -3.56. The number of carboxylic acids is 1. The number of alkyl carbamates (subject to hydrolysis) is 1. The molecule has 35 heavy (non-hydrogen) atoms. The van der Waals surface area contributed by atoms with E-state index in [1.807, 2.05) is 48.5 Å². The van der Waals surface area contributed by atoms with Gasteiger partial charge in [-0.05, 0) is 35.1 Å². The summed E-state index contributed by atoms with van der Waals surface area (Å²) in [4.78, 5) is 35.8. The number of carbonyl (C=O) groups excluding carboxylic acids is 2. The monoisotopic (exact) mass is 490 g/mol. The van der Waals surface area contributed by atoms with Crippen LogP contribution in [-0.4, -0.2) is 48.4 Å². The summed E-state index contributed by atoms with van der Waals surface area (Å²) in [5, 5.41) is 13.3. The molecule has 0 bridgehead atoms. The molecule has 4 rings (SSSR count). The molecule has 0 spiro atoms. The van der Waals surface area contributed by atoms with E-state index in [4.69, 9.17) is 4.74 Å². The zero-order chi connectivity index (χ0) is 25.2. The highest BCUT2D eigenvalue weighted by Crippen LogP contribution is 2.44. The van der Waals surface area contributed by atoms with Crippen molar-refractivity contribution >= 4 is 18.0 Å². The van der Waals surface area contributed by atoms with Crippen LogP contribution in [0.3, 0.4) is 0 Å². The number of benzene rings is 2. The molecule has 0 aliphatic heterocycles. The summed E-state index contributed by atoms with van der Waals surface area (Å²) in [7, 11) is 0. The molecular weight excluding hydrogens is 465 g/mol. The third kappa shape index (κ3) is 5.11. The Balaban J connectivity index is 1.35. The predicted molar refractivity (Wildman–Crippen MR) is 120 cm³/mol. The quantitative estimate of drug-likeness (QED) is 0.514. The lowest BCUT2D eigenvalue weighted by atomic mass is 9.69. The molecule has 0 radical (unpaired) electrons. The van der Waals surface area contributed by atoms with Crippen LogP contribution in [0.5, 0.6) is 0 Å². The minimum absolute atomic E-state index is 0.169. The number of alkyl halides is 3. The number of aliphatic carboxylic acids is 1. The first-order valence-electron chi connectivity index (χ1n) is 11.3. The smallest absolute Gasteiger partial charge is 0.409 e. The molecular formula is C25H25F3N2O5. The van der Waals surface area contributed by atoms with Gasteiger partial charge < -0.3 is 20.5 Å². The second-order valence-electron chi connectivity index (χ2n) is 8.98. The summed E-state index contributed by atoms with van der Waals surface area (Å²) in [5.41, 5.74) is 2.65. The Morgan fingerprint density at radius 2 is 1.60 bits per heavy atom. The predicted octanol–water partition coefficient (Wildman–Crippen LogP) is 4.22. The summed E-state index contributed by atoms with van der Waals surface area (Å²) < 4.78 is 45.7. The van der Waals surface area contributed by atoms with Gasteiger partial charge in [0.2, 0.25) is 5.91 Å². The van der Waals surface area contributed by atoms with Gasteiger partial charge in [-0.2, -0.15) is 13.2 Å². The molecule has 1 unspecified atom stereocenters. The summed E-state index contributed by atoms with van der Waals surface area (Å²) in [6.07, 6.45) is -5.89. The summed E-state index contributed by atoms with van der Waals surface area (Å²) >= 11 is 0. The van der Waals surface area contributed by atoms with Gasteiger partial charge in [0.15, 0.2) is 0 Å². The highest BCUT2D eigenvalue weighted by molar-refractivity contribution is 5.81. The van der Waals surface area contributed by atoms with E-state index in [-0.39, 0.29) is 19.1 Å². The number of halogens is 3. The number of fused-ring (bicyclic) bond motifs is 3. The minimum Gasteiger partial charge on any atom is -0.481 e. The van der Waals surface area contributed by atoms with E-state index >= 15 is 0 Å². The Labute approximate surface area is 199 Å². The van der Waals surface area contributed by atoms with Gasteiger partial charge in [0.05, 0.1) is 11.8 Å². The highest BCUT2D eigenvalue weighted by atomic mass is 19.4. The van der Waals surface area contributed by atoms with Crippen molar-refractivity contribution in [3.05, 3.63) is 59.7 Å².